The molecular formula is C41H55N5O7. The number of aldehydes is 1. The van der Waals surface area contributed by atoms with Crippen LogP contribution in [0.3, 0.4) is 0 Å². The Bertz CT molecular complexity index is 1660. The molecule has 12 heteroatoms. The number of carbonyl (C=O) groups excluding carboxylic acids is 6. The normalized spacial score (nSPS) is 13.5. The van der Waals surface area contributed by atoms with E-state index in [1.165, 1.54) is 0 Å². The van der Waals surface area contributed by atoms with Gasteiger partial charge in [0.1, 0.15) is 12.3 Å². The Labute approximate surface area is 313 Å². The second kappa shape index (κ2) is 20.3. The number of amides is 5. The first kappa shape index (κ1) is 42.4. The molecule has 1 aliphatic rings. The van der Waals surface area contributed by atoms with Crippen molar-refractivity contribution >= 4 is 42.0 Å². The van der Waals surface area contributed by atoms with Crippen molar-refractivity contribution in [1.82, 2.24) is 21.3 Å². The van der Waals surface area contributed by atoms with Crippen LogP contribution < -0.4 is 26.2 Å². The lowest BCUT2D eigenvalue weighted by atomic mass is 9.89. The van der Waals surface area contributed by atoms with E-state index in [0.29, 0.717) is 51.8 Å². The second-order valence-corrected chi connectivity index (χ2v) is 15.4. The third-order valence-electron chi connectivity index (χ3n) is 8.81. The molecule has 1 unspecified atom stereocenters. The Kier molecular flexibility index (Phi) is 16.2. The van der Waals surface area contributed by atoms with Crippen molar-refractivity contribution in [3.05, 3.63) is 65.2 Å². The monoisotopic (exact) mass is 729 g/mol. The van der Waals surface area contributed by atoms with Crippen LogP contribution in [-0.4, -0.2) is 74.7 Å². The summed E-state index contributed by atoms with van der Waals surface area (Å²) in [5.41, 5.74) is 2.32. The summed E-state index contributed by atoms with van der Waals surface area (Å²) in [7, 11) is 0. The topological polar surface area (TPSA) is 163 Å². The molecule has 2 atom stereocenters. The van der Waals surface area contributed by atoms with E-state index in [4.69, 9.17) is 4.74 Å². The quantitative estimate of drug-likeness (QED) is 0.0867. The van der Waals surface area contributed by atoms with Crippen molar-refractivity contribution in [3.8, 4) is 11.8 Å². The molecule has 0 fully saturated rings. The third-order valence-corrected chi connectivity index (χ3v) is 8.81. The number of hydrogen-bond donors (Lipinski definition) is 4. The van der Waals surface area contributed by atoms with Crippen LogP contribution in [0.5, 0.6) is 0 Å². The highest BCUT2D eigenvalue weighted by atomic mass is 16.5. The molecule has 4 N–H and O–H groups in total. The van der Waals surface area contributed by atoms with Gasteiger partial charge in [0, 0.05) is 48.9 Å². The van der Waals surface area contributed by atoms with E-state index in [1.807, 2.05) is 90.1 Å². The van der Waals surface area contributed by atoms with Crippen LogP contribution in [-0.2, 0) is 40.0 Å². The molecule has 5 amide bonds. The fourth-order valence-corrected chi connectivity index (χ4v) is 5.82. The standard InChI is InChI=1S/C41H55N5O7/c1-29(2)38(39(52)44-33(24-47)15-11-21-42-28-48)45-36(50)22-40(3,4)26-53-27-41(5,6)25-43-35(49)19-20-37(51)46-23-32-14-8-7-12-30(32)17-18-31-13-9-10-16-34(31)46/h7-10,12-14,16,24,28-29,33,38H,11,15,19-23,25-27H2,1-6H3,(H,42,48)(H,43,49)(H,44,52)(H,45,50)/t33-,38?/m0/s1. The van der Waals surface area contributed by atoms with Crippen molar-refractivity contribution in [1.29, 1.82) is 0 Å². The van der Waals surface area contributed by atoms with Crippen molar-refractivity contribution in [2.75, 3.05) is 31.2 Å². The molecule has 0 aliphatic carbocycles. The van der Waals surface area contributed by atoms with Gasteiger partial charge in [0.25, 0.3) is 0 Å². The van der Waals surface area contributed by atoms with Gasteiger partial charge in [-0.1, -0.05) is 83.7 Å². The minimum absolute atomic E-state index is 0.0357. The van der Waals surface area contributed by atoms with Crippen LogP contribution >= 0.6 is 0 Å². The summed E-state index contributed by atoms with van der Waals surface area (Å²) in [6, 6.07) is 13.7. The van der Waals surface area contributed by atoms with Gasteiger partial charge in [0.2, 0.25) is 30.0 Å². The highest BCUT2D eigenvalue weighted by Gasteiger charge is 2.30. The smallest absolute Gasteiger partial charge is 0.243 e. The summed E-state index contributed by atoms with van der Waals surface area (Å²) in [6.07, 6.45) is 2.28. The highest BCUT2D eigenvalue weighted by molar-refractivity contribution is 5.97. The molecular weight excluding hydrogens is 674 g/mol. The summed E-state index contributed by atoms with van der Waals surface area (Å²) in [6.45, 7) is 13.0. The Morgan fingerprint density at radius 2 is 1.53 bits per heavy atom. The first-order valence-electron chi connectivity index (χ1n) is 18.2. The molecule has 0 radical (unpaired) electrons. The number of carbonyl (C=O) groups is 6. The van der Waals surface area contributed by atoms with Gasteiger partial charge in [-0.05, 0) is 47.9 Å². The minimum atomic E-state index is -0.830. The van der Waals surface area contributed by atoms with Gasteiger partial charge in [-0.15, -0.1) is 0 Å². The number of benzene rings is 2. The third kappa shape index (κ3) is 14.1. The van der Waals surface area contributed by atoms with Crippen LogP contribution in [0.2, 0.25) is 0 Å². The number of nitrogens with one attached hydrogen (secondary N) is 4. The molecule has 1 heterocycles. The van der Waals surface area contributed by atoms with E-state index in [1.54, 1.807) is 4.90 Å². The van der Waals surface area contributed by atoms with E-state index >= 15 is 0 Å². The van der Waals surface area contributed by atoms with Crippen molar-refractivity contribution in [2.24, 2.45) is 16.7 Å². The van der Waals surface area contributed by atoms with E-state index in [0.717, 1.165) is 22.4 Å². The lowest BCUT2D eigenvalue weighted by Crippen LogP contribution is -2.53. The Hall–Kier alpha value is -5.02. The maximum absolute atomic E-state index is 13.5. The molecule has 0 bridgehead atoms. The number of rotatable bonds is 21. The molecule has 0 saturated carbocycles. The Balaban J connectivity index is 1.44. The number of fused-ring (bicyclic) bond motifs is 2. The number of nitrogens with zero attached hydrogens (tertiary/aromatic N) is 1. The first-order valence-corrected chi connectivity index (χ1v) is 18.2. The van der Waals surface area contributed by atoms with Gasteiger partial charge in [-0.3, -0.25) is 24.0 Å². The van der Waals surface area contributed by atoms with E-state index in [2.05, 4.69) is 33.1 Å². The van der Waals surface area contributed by atoms with E-state index < -0.39 is 28.8 Å². The maximum Gasteiger partial charge on any atom is 0.243 e. The van der Waals surface area contributed by atoms with Gasteiger partial charge in [-0.25, -0.2) is 0 Å². The average Bonchev–Trinajstić information content (AvgIpc) is 3.10. The van der Waals surface area contributed by atoms with Gasteiger partial charge >= 0.3 is 0 Å². The van der Waals surface area contributed by atoms with Crippen LogP contribution in [0, 0.1) is 28.6 Å². The summed E-state index contributed by atoms with van der Waals surface area (Å²) in [5.74, 6) is 5.02. The summed E-state index contributed by atoms with van der Waals surface area (Å²) >= 11 is 0. The van der Waals surface area contributed by atoms with E-state index in [-0.39, 0.29) is 49.5 Å². The molecule has 286 valence electrons. The fourth-order valence-electron chi connectivity index (χ4n) is 5.82. The summed E-state index contributed by atoms with van der Waals surface area (Å²) in [4.78, 5) is 76.0. The molecule has 12 nitrogen and oxygen atoms in total. The van der Waals surface area contributed by atoms with Crippen LogP contribution in [0.15, 0.2) is 48.5 Å². The molecule has 3 rings (SSSR count). The minimum Gasteiger partial charge on any atom is -0.380 e. The Morgan fingerprint density at radius 1 is 0.868 bits per heavy atom. The van der Waals surface area contributed by atoms with Gasteiger partial charge in [-0.2, -0.15) is 0 Å². The molecule has 1 aliphatic heterocycles. The number of anilines is 1. The Morgan fingerprint density at radius 3 is 2.23 bits per heavy atom. The SMILES string of the molecule is CC(C)C(NC(=O)CC(C)(C)COCC(C)(C)CNC(=O)CCC(=O)N1Cc2ccccc2C#Cc2ccccc21)C(=O)N[C@H](C=O)CCCNC=O. The van der Waals surface area contributed by atoms with Crippen molar-refractivity contribution in [2.45, 2.75) is 92.3 Å². The van der Waals surface area contributed by atoms with Gasteiger partial charge < -0.3 is 35.7 Å². The first-order chi connectivity index (χ1) is 25.1. The van der Waals surface area contributed by atoms with Crippen LogP contribution in [0.25, 0.3) is 0 Å². The summed E-state index contributed by atoms with van der Waals surface area (Å²) < 4.78 is 6.03. The molecule has 0 saturated heterocycles. The molecule has 0 spiro atoms. The zero-order chi connectivity index (χ0) is 39.0. The fraction of sp³-hybridized carbons (Fsp3) is 0.512. The molecule has 53 heavy (non-hydrogen) atoms. The molecule has 2 aromatic carbocycles. The van der Waals surface area contributed by atoms with Crippen LogP contribution in [0.1, 0.15) is 90.3 Å². The second-order valence-electron chi connectivity index (χ2n) is 15.4. The van der Waals surface area contributed by atoms with Crippen LogP contribution in [0.4, 0.5) is 5.69 Å². The zero-order valence-electron chi connectivity index (χ0n) is 31.9. The highest BCUT2D eigenvalue weighted by Crippen LogP contribution is 2.27. The zero-order valence-corrected chi connectivity index (χ0v) is 31.9. The lowest BCUT2D eigenvalue weighted by molar-refractivity contribution is -0.132. The number of para-hydroxylation sites is 1. The molecule has 0 aromatic heterocycles. The van der Waals surface area contributed by atoms with Gasteiger partial charge in [0.15, 0.2) is 0 Å². The van der Waals surface area contributed by atoms with Crippen molar-refractivity contribution < 1.29 is 33.5 Å². The largest absolute Gasteiger partial charge is 0.380 e. The average molecular weight is 730 g/mol. The maximum atomic E-state index is 13.5. The summed E-state index contributed by atoms with van der Waals surface area (Å²) in [5, 5.41) is 11.0. The van der Waals surface area contributed by atoms with Crippen molar-refractivity contribution in [3.63, 3.8) is 0 Å². The predicted octanol–water partition coefficient (Wildman–Crippen LogP) is 3.64. The predicted molar refractivity (Wildman–Crippen MR) is 203 cm³/mol. The number of ether oxygens (including phenoxy) is 1. The van der Waals surface area contributed by atoms with E-state index in [9.17, 15) is 28.8 Å². The molecule has 2 aromatic rings. The van der Waals surface area contributed by atoms with Gasteiger partial charge in [0.05, 0.1) is 31.5 Å². The lowest BCUT2D eigenvalue weighted by Gasteiger charge is -2.30. The number of hydrogen-bond acceptors (Lipinski definition) is 7.